The summed E-state index contributed by atoms with van der Waals surface area (Å²) in [4.78, 5) is 10.9. The molecule has 0 atom stereocenters. The van der Waals surface area contributed by atoms with Crippen molar-refractivity contribution in [2.24, 2.45) is 5.73 Å². The van der Waals surface area contributed by atoms with Crippen molar-refractivity contribution in [3.8, 4) is 0 Å². The Bertz CT molecular complexity index is 417. The zero-order chi connectivity index (χ0) is 12.5. The summed E-state index contributed by atoms with van der Waals surface area (Å²) in [5, 5.41) is 0. The van der Waals surface area contributed by atoms with Crippen LogP contribution in [0.15, 0.2) is 24.8 Å². The van der Waals surface area contributed by atoms with Gasteiger partial charge in [-0.15, -0.1) is 0 Å². The van der Waals surface area contributed by atoms with Crippen LogP contribution in [0.25, 0.3) is 5.57 Å². The van der Waals surface area contributed by atoms with Gasteiger partial charge < -0.3 is 5.73 Å². The molecular formula is C11H10F3NO. The molecule has 0 aliphatic rings. The van der Waals surface area contributed by atoms with Gasteiger partial charge in [-0.3, -0.25) is 4.79 Å². The quantitative estimate of drug-likeness (QED) is 0.832. The lowest BCUT2D eigenvalue weighted by Gasteiger charge is -2.15. The normalized spacial score (nSPS) is 11.2. The lowest BCUT2D eigenvalue weighted by molar-refractivity contribution is -0.138. The summed E-state index contributed by atoms with van der Waals surface area (Å²) < 4.78 is 38.3. The number of nitrogens with two attached hydrogens (primary N) is 1. The lowest BCUT2D eigenvalue weighted by Crippen LogP contribution is -2.20. The number of amides is 1. The number of halogens is 3. The highest BCUT2D eigenvalue weighted by Gasteiger charge is 2.37. The number of hydrogen-bond acceptors (Lipinski definition) is 1. The Morgan fingerprint density at radius 2 is 1.81 bits per heavy atom. The van der Waals surface area contributed by atoms with Gasteiger partial charge in [0.25, 0.3) is 0 Å². The summed E-state index contributed by atoms with van der Waals surface area (Å²) in [5.74, 6) is -1.10. The van der Waals surface area contributed by atoms with E-state index in [4.69, 9.17) is 5.73 Å². The number of rotatable bonds is 2. The molecule has 0 spiro atoms. The van der Waals surface area contributed by atoms with Gasteiger partial charge in [0.15, 0.2) is 0 Å². The maximum atomic E-state index is 12.8. The van der Waals surface area contributed by atoms with Crippen molar-refractivity contribution in [3.05, 3.63) is 41.5 Å². The van der Waals surface area contributed by atoms with Gasteiger partial charge in [-0.1, -0.05) is 24.3 Å². The molecule has 0 aliphatic carbocycles. The highest BCUT2D eigenvalue weighted by atomic mass is 19.4. The number of carbonyl (C=O) groups is 1. The number of carbonyl (C=O) groups excluding carboxylic acids is 1. The van der Waals surface area contributed by atoms with E-state index in [9.17, 15) is 18.0 Å². The Kier molecular flexibility index (Phi) is 3.07. The van der Waals surface area contributed by atoms with Gasteiger partial charge in [0.05, 0.1) is 11.1 Å². The fraction of sp³-hybridized carbons (Fsp3) is 0.182. The van der Waals surface area contributed by atoms with E-state index in [1.807, 2.05) is 0 Å². The minimum Gasteiger partial charge on any atom is -0.366 e. The molecule has 0 fully saturated rings. The Morgan fingerprint density at radius 3 is 2.19 bits per heavy atom. The number of primary amides is 1. The first-order chi connectivity index (χ1) is 7.25. The van der Waals surface area contributed by atoms with Gasteiger partial charge in [0, 0.05) is 0 Å². The van der Waals surface area contributed by atoms with Crippen molar-refractivity contribution in [2.75, 3.05) is 0 Å². The van der Waals surface area contributed by atoms with Crippen LogP contribution in [0.3, 0.4) is 0 Å². The van der Waals surface area contributed by atoms with E-state index in [1.54, 1.807) is 0 Å². The predicted octanol–water partition coefficient (Wildman–Crippen LogP) is 2.84. The molecule has 5 heteroatoms. The molecule has 1 rings (SSSR count). The largest absolute Gasteiger partial charge is 0.417 e. The number of benzene rings is 1. The van der Waals surface area contributed by atoms with Crippen molar-refractivity contribution in [1.82, 2.24) is 0 Å². The third-order valence-electron chi connectivity index (χ3n) is 2.07. The van der Waals surface area contributed by atoms with Crippen LogP contribution in [0.2, 0.25) is 0 Å². The molecule has 0 heterocycles. The van der Waals surface area contributed by atoms with Crippen molar-refractivity contribution in [1.29, 1.82) is 0 Å². The Labute approximate surface area is 90.6 Å². The highest BCUT2D eigenvalue weighted by molar-refractivity contribution is 5.96. The first kappa shape index (κ1) is 12.3. The summed E-state index contributed by atoms with van der Waals surface area (Å²) in [6, 6.07) is 3.66. The predicted molar refractivity (Wildman–Crippen MR) is 54.7 cm³/mol. The maximum absolute atomic E-state index is 12.8. The minimum absolute atomic E-state index is 0.108. The van der Waals surface area contributed by atoms with E-state index < -0.39 is 23.2 Å². The molecule has 0 aromatic heterocycles. The van der Waals surface area contributed by atoms with E-state index >= 15 is 0 Å². The molecule has 0 aliphatic heterocycles. The second-order valence-corrected chi connectivity index (χ2v) is 3.37. The van der Waals surface area contributed by atoms with Crippen LogP contribution in [-0.4, -0.2) is 5.91 Å². The van der Waals surface area contributed by atoms with E-state index in [-0.39, 0.29) is 11.1 Å². The average molecular weight is 229 g/mol. The molecule has 0 unspecified atom stereocenters. The third-order valence-corrected chi connectivity index (χ3v) is 2.07. The van der Waals surface area contributed by atoms with Crippen LogP contribution in [0.5, 0.6) is 0 Å². The monoisotopic (exact) mass is 229 g/mol. The Balaban J connectivity index is 3.60. The zero-order valence-corrected chi connectivity index (χ0v) is 8.56. The Morgan fingerprint density at radius 1 is 1.31 bits per heavy atom. The van der Waals surface area contributed by atoms with Crippen molar-refractivity contribution >= 4 is 11.5 Å². The zero-order valence-electron chi connectivity index (χ0n) is 8.56. The molecule has 16 heavy (non-hydrogen) atoms. The Hall–Kier alpha value is -1.78. The molecule has 1 amide bonds. The van der Waals surface area contributed by atoms with Crippen LogP contribution in [0.1, 0.15) is 28.4 Å². The molecule has 0 bridgehead atoms. The van der Waals surface area contributed by atoms with Gasteiger partial charge in [0.1, 0.15) is 0 Å². The van der Waals surface area contributed by atoms with Gasteiger partial charge in [-0.2, -0.15) is 13.2 Å². The number of alkyl halides is 3. The van der Waals surface area contributed by atoms with Crippen LogP contribution in [-0.2, 0) is 6.18 Å². The first-order valence-corrected chi connectivity index (χ1v) is 4.41. The molecule has 2 nitrogen and oxygen atoms in total. The second-order valence-electron chi connectivity index (χ2n) is 3.37. The number of hydrogen-bond donors (Lipinski definition) is 1. The van der Waals surface area contributed by atoms with E-state index in [0.717, 1.165) is 6.07 Å². The fourth-order valence-corrected chi connectivity index (χ4v) is 1.42. The molecule has 1 aromatic carbocycles. The van der Waals surface area contributed by atoms with Crippen LogP contribution >= 0.6 is 0 Å². The third kappa shape index (κ3) is 2.24. The summed E-state index contributed by atoms with van der Waals surface area (Å²) in [6.45, 7) is 4.89. The first-order valence-electron chi connectivity index (χ1n) is 4.41. The topological polar surface area (TPSA) is 43.1 Å². The van der Waals surface area contributed by atoms with Crippen molar-refractivity contribution < 1.29 is 18.0 Å². The van der Waals surface area contributed by atoms with E-state index in [2.05, 4.69) is 6.58 Å². The molecular weight excluding hydrogens is 219 g/mol. The molecule has 1 aromatic rings. The molecule has 0 saturated heterocycles. The van der Waals surface area contributed by atoms with Gasteiger partial charge in [-0.05, 0) is 18.6 Å². The fourth-order valence-electron chi connectivity index (χ4n) is 1.42. The van der Waals surface area contributed by atoms with Crippen LogP contribution < -0.4 is 5.73 Å². The second kappa shape index (κ2) is 4.00. The van der Waals surface area contributed by atoms with Crippen LogP contribution in [0.4, 0.5) is 13.2 Å². The molecule has 0 radical (unpaired) electrons. The summed E-state index contributed by atoms with van der Waals surface area (Å²) in [5.41, 5.74) is 3.48. The van der Waals surface area contributed by atoms with E-state index in [1.165, 1.54) is 19.1 Å². The highest BCUT2D eigenvalue weighted by Crippen LogP contribution is 2.36. The SMILES string of the molecule is C=C(C)c1cccc(C(N)=O)c1C(F)(F)F. The molecule has 86 valence electrons. The minimum atomic E-state index is -4.63. The van der Waals surface area contributed by atoms with Gasteiger partial charge >= 0.3 is 6.18 Å². The smallest absolute Gasteiger partial charge is 0.366 e. The van der Waals surface area contributed by atoms with E-state index in [0.29, 0.717) is 0 Å². The standard InChI is InChI=1S/C11H10F3NO/c1-6(2)7-4-3-5-8(10(15)16)9(7)11(12,13)14/h3-5H,1H2,2H3,(H2,15,16). The lowest BCUT2D eigenvalue weighted by atomic mass is 9.96. The van der Waals surface area contributed by atoms with Crippen molar-refractivity contribution in [3.63, 3.8) is 0 Å². The van der Waals surface area contributed by atoms with Gasteiger partial charge in [-0.25, -0.2) is 0 Å². The number of allylic oxidation sites excluding steroid dienone is 1. The summed E-state index contributed by atoms with van der Waals surface area (Å²) in [6.07, 6.45) is -4.63. The molecule has 2 N–H and O–H groups in total. The average Bonchev–Trinajstić information content (AvgIpc) is 2.15. The molecule has 0 saturated carbocycles. The van der Waals surface area contributed by atoms with Gasteiger partial charge in [0.2, 0.25) is 5.91 Å². The summed E-state index contributed by atoms with van der Waals surface area (Å²) in [7, 11) is 0. The van der Waals surface area contributed by atoms with Crippen molar-refractivity contribution in [2.45, 2.75) is 13.1 Å². The van der Waals surface area contributed by atoms with Crippen LogP contribution in [0, 0.1) is 0 Å². The maximum Gasteiger partial charge on any atom is 0.417 e. The summed E-state index contributed by atoms with van der Waals surface area (Å²) >= 11 is 0.